The van der Waals surface area contributed by atoms with Gasteiger partial charge in [-0.2, -0.15) is 8.78 Å². The van der Waals surface area contributed by atoms with Gasteiger partial charge in [-0.1, -0.05) is 55.8 Å². The highest BCUT2D eigenvalue weighted by Crippen LogP contribution is 2.64. The van der Waals surface area contributed by atoms with Gasteiger partial charge in [-0.3, -0.25) is 0 Å². The van der Waals surface area contributed by atoms with Crippen LogP contribution in [-0.2, 0) is 9.84 Å². The van der Waals surface area contributed by atoms with Gasteiger partial charge in [0, 0.05) is 5.92 Å². The van der Waals surface area contributed by atoms with Gasteiger partial charge in [-0.15, -0.1) is 0 Å². The number of hydrogen-bond donors (Lipinski definition) is 0. The SMILES string of the molecule is C/C=C1\CCC2C3CCC4CC(C(F)(F)S(=O)(=O)c5ccccc5)CC[C@@H]4C3CCC12C.C/C=C\CC. The summed E-state index contributed by atoms with van der Waals surface area (Å²) in [6, 6.07) is 7.26. The molecule has 0 saturated heterocycles. The van der Waals surface area contributed by atoms with Crippen LogP contribution < -0.4 is 0 Å². The summed E-state index contributed by atoms with van der Waals surface area (Å²) in [5.74, 6) is 1.78. The summed E-state index contributed by atoms with van der Waals surface area (Å²) in [7, 11) is -4.67. The lowest BCUT2D eigenvalue weighted by Gasteiger charge is -2.56. The van der Waals surface area contributed by atoms with E-state index >= 15 is 8.78 Å². The van der Waals surface area contributed by atoms with Crippen LogP contribution in [0.5, 0.6) is 0 Å². The monoisotopic (exact) mass is 532 g/mol. The van der Waals surface area contributed by atoms with Crippen LogP contribution in [0.25, 0.3) is 0 Å². The molecule has 0 heterocycles. The maximum absolute atomic E-state index is 15.4. The summed E-state index contributed by atoms with van der Waals surface area (Å²) in [6.07, 6.45) is 16.2. The normalized spacial score (nSPS) is 36.9. The summed E-state index contributed by atoms with van der Waals surface area (Å²) in [5, 5.41) is -3.70. The predicted molar refractivity (Wildman–Crippen MR) is 148 cm³/mol. The van der Waals surface area contributed by atoms with E-state index in [1.54, 1.807) is 11.6 Å². The average molecular weight is 533 g/mol. The Hall–Kier alpha value is -1.49. The molecule has 7 atom stereocenters. The molecule has 5 heteroatoms. The zero-order valence-corrected chi connectivity index (χ0v) is 24.0. The van der Waals surface area contributed by atoms with E-state index in [9.17, 15) is 8.42 Å². The third-order valence-corrected chi connectivity index (χ3v) is 12.5. The fourth-order valence-corrected chi connectivity index (χ4v) is 10.2. The molecule has 0 N–H and O–H groups in total. The summed E-state index contributed by atoms with van der Waals surface area (Å²) in [6.45, 7) is 8.80. The first-order valence-electron chi connectivity index (χ1n) is 14.6. The van der Waals surface area contributed by atoms with Crippen LogP contribution in [0.2, 0.25) is 0 Å². The van der Waals surface area contributed by atoms with Gasteiger partial charge in [0.25, 0.3) is 0 Å². The zero-order chi connectivity index (χ0) is 26.8. The van der Waals surface area contributed by atoms with E-state index in [1.807, 2.05) is 6.92 Å². The zero-order valence-electron chi connectivity index (χ0n) is 23.1. The van der Waals surface area contributed by atoms with E-state index in [-0.39, 0.29) is 10.8 Å². The number of allylic oxidation sites excluding steroid dienone is 4. The predicted octanol–water partition coefficient (Wildman–Crippen LogP) is 9.24. The highest BCUT2D eigenvalue weighted by Gasteiger charge is 2.59. The molecule has 0 bridgehead atoms. The Morgan fingerprint density at radius 3 is 2.30 bits per heavy atom. The molecule has 2 nitrogen and oxygen atoms in total. The lowest BCUT2D eigenvalue weighted by Crippen LogP contribution is -2.49. The molecule has 1 aromatic carbocycles. The van der Waals surface area contributed by atoms with Crippen molar-refractivity contribution in [1.82, 2.24) is 0 Å². The van der Waals surface area contributed by atoms with E-state index in [4.69, 9.17) is 0 Å². The molecule has 0 aromatic heterocycles. The van der Waals surface area contributed by atoms with Crippen molar-refractivity contribution in [3.05, 3.63) is 54.1 Å². The summed E-state index contributed by atoms with van der Waals surface area (Å²) >= 11 is 0. The number of hydrogen-bond acceptors (Lipinski definition) is 2. The van der Waals surface area contributed by atoms with E-state index in [1.165, 1.54) is 49.9 Å². The quantitative estimate of drug-likeness (QED) is 0.362. The van der Waals surface area contributed by atoms with Gasteiger partial charge < -0.3 is 0 Å². The Labute approximate surface area is 223 Å². The maximum atomic E-state index is 15.4. The van der Waals surface area contributed by atoms with Crippen LogP contribution in [0.1, 0.15) is 91.9 Å². The number of fused-ring (bicyclic) bond motifs is 5. The van der Waals surface area contributed by atoms with Crippen LogP contribution >= 0.6 is 0 Å². The number of alkyl halides is 2. The lowest BCUT2D eigenvalue weighted by molar-refractivity contribution is -0.0759. The Kier molecular flexibility index (Phi) is 8.72. The Morgan fingerprint density at radius 2 is 1.68 bits per heavy atom. The molecular formula is C32H46F2O2S. The lowest BCUT2D eigenvalue weighted by atomic mass is 9.50. The fourth-order valence-electron chi connectivity index (χ4n) is 8.69. The summed E-state index contributed by atoms with van der Waals surface area (Å²) < 4.78 is 56.4. The molecule has 4 aliphatic carbocycles. The molecular weight excluding hydrogens is 486 g/mol. The highest BCUT2D eigenvalue weighted by atomic mass is 32.2. The van der Waals surface area contributed by atoms with E-state index < -0.39 is 21.0 Å². The number of halogens is 2. The van der Waals surface area contributed by atoms with Crippen molar-refractivity contribution >= 4 is 9.84 Å². The van der Waals surface area contributed by atoms with Crippen LogP contribution in [-0.4, -0.2) is 13.7 Å². The molecule has 4 saturated carbocycles. The second kappa shape index (κ2) is 11.3. The second-order valence-electron chi connectivity index (χ2n) is 12.1. The molecule has 0 aliphatic heterocycles. The Morgan fingerprint density at radius 1 is 0.973 bits per heavy atom. The van der Waals surface area contributed by atoms with Crippen molar-refractivity contribution < 1.29 is 17.2 Å². The number of rotatable bonds is 4. The average Bonchev–Trinajstić information content (AvgIpc) is 3.25. The van der Waals surface area contributed by atoms with E-state index in [0.29, 0.717) is 30.1 Å². The third-order valence-electron chi connectivity index (χ3n) is 10.5. The maximum Gasteiger partial charge on any atom is 0.352 e. The molecule has 0 radical (unpaired) electrons. The molecule has 206 valence electrons. The van der Waals surface area contributed by atoms with Gasteiger partial charge in [0.1, 0.15) is 0 Å². The smallest absolute Gasteiger partial charge is 0.217 e. The Bertz CT molecular complexity index is 1080. The van der Waals surface area contributed by atoms with Crippen LogP contribution in [0, 0.1) is 40.9 Å². The molecule has 0 spiro atoms. The minimum atomic E-state index is -4.67. The molecule has 37 heavy (non-hydrogen) atoms. The van der Waals surface area contributed by atoms with Crippen LogP contribution in [0.3, 0.4) is 0 Å². The molecule has 6 unspecified atom stereocenters. The second-order valence-corrected chi connectivity index (χ2v) is 14.1. The van der Waals surface area contributed by atoms with E-state index in [2.05, 4.69) is 39.0 Å². The minimum absolute atomic E-state index is 0.249. The largest absolute Gasteiger partial charge is 0.352 e. The van der Waals surface area contributed by atoms with Crippen molar-refractivity contribution in [3.8, 4) is 0 Å². The van der Waals surface area contributed by atoms with Crippen molar-refractivity contribution in [1.29, 1.82) is 0 Å². The first kappa shape index (κ1) is 28.5. The highest BCUT2D eigenvalue weighted by molar-refractivity contribution is 7.92. The molecule has 4 aliphatic rings. The molecule has 5 rings (SSSR count). The first-order valence-corrected chi connectivity index (χ1v) is 16.0. The number of benzene rings is 1. The summed E-state index contributed by atoms with van der Waals surface area (Å²) in [5.41, 5.74) is 1.98. The van der Waals surface area contributed by atoms with Crippen molar-refractivity contribution in [2.75, 3.05) is 0 Å². The minimum Gasteiger partial charge on any atom is -0.217 e. The Balaban J connectivity index is 0.000000586. The number of sulfone groups is 1. The molecule has 1 aromatic rings. The molecule has 4 fully saturated rings. The van der Waals surface area contributed by atoms with Gasteiger partial charge in [0.05, 0.1) is 4.90 Å². The van der Waals surface area contributed by atoms with Gasteiger partial charge in [-0.05, 0) is 125 Å². The van der Waals surface area contributed by atoms with Crippen molar-refractivity contribution in [2.24, 2.45) is 40.9 Å². The third kappa shape index (κ3) is 5.11. The van der Waals surface area contributed by atoms with Crippen molar-refractivity contribution in [3.63, 3.8) is 0 Å². The fraction of sp³-hybridized carbons (Fsp3) is 0.688. The van der Waals surface area contributed by atoms with Crippen LogP contribution in [0.4, 0.5) is 8.78 Å². The summed E-state index contributed by atoms with van der Waals surface area (Å²) in [4.78, 5) is -0.261. The van der Waals surface area contributed by atoms with Gasteiger partial charge >= 0.3 is 5.25 Å². The van der Waals surface area contributed by atoms with Crippen LogP contribution in [0.15, 0.2) is 59.0 Å². The van der Waals surface area contributed by atoms with E-state index in [0.717, 1.165) is 37.5 Å². The van der Waals surface area contributed by atoms with Crippen molar-refractivity contribution in [2.45, 2.75) is 102 Å². The molecule has 0 amide bonds. The first-order chi connectivity index (χ1) is 17.6. The standard InChI is InChI=1S/C27H36F2O2S.C5H10/c1-3-19-11-14-25-24-12-9-18-17-20(10-13-22(18)23(24)15-16-26(19,25)2)27(28,29)32(30,31)21-7-5-4-6-8-21;1-3-5-4-2/h3-8,18,20,22-25H,9-17H2,1-2H3;3,5H,4H2,1-2H3/b19-3+;5-3-/t18?,20?,22-,23?,24?,25?,26?;/m0./s1. The van der Waals surface area contributed by atoms with Gasteiger partial charge in [0.2, 0.25) is 9.84 Å². The van der Waals surface area contributed by atoms with Gasteiger partial charge in [-0.25, -0.2) is 8.42 Å². The topological polar surface area (TPSA) is 34.1 Å². The van der Waals surface area contributed by atoms with Gasteiger partial charge in [0.15, 0.2) is 0 Å².